The molecule has 0 aromatic carbocycles. The summed E-state index contributed by atoms with van der Waals surface area (Å²) in [4.78, 5) is 15.8. The lowest BCUT2D eigenvalue weighted by molar-refractivity contribution is -0.119. The van der Waals surface area contributed by atoms with Crippen LogP contribution in [-0.2, 0) is 4.79 Å². The van der Waals surface area contributed by atoms with Crippen LogP contribution in [0.25, 0.3) is 0 Å². The number of nitrogens with one attached hydrogen (secondary N) is 1. The Kier molecular flexibility index (Phi) is 4.27. The first kappa shape index (κ1) is 12.2. The number of rotatable bonds is 3. The van der Waals surface area contributed by atoms with E-state index in [1.165, 1.54) is 0 Å². The summed E-state index contributed by atoms with van der Waals surface area (Å²) in [5, 5.41) is 2.85. The van der Waals surface area contributed by atoms with Crippen molar-refractivity contribution >= 4 is 27.5 Å². The van der Waals surface area contributed by atoms with Gasteiger partial charge < -0.3 is 5.32 Å². The van der Waals surface area contributed by atoms with E-state index in [4.69, 9.17) is 0 Å². The average Bonchev–Trinajstić information content (AvgIpc) is 2.22. The van der Waals surface area contributed by atoms with Crippen molar-refractivity contribution in [1.29, 1.82) is 0 Å². The van der Waals surface area contributed by atoms with E-state index >= 15 is 0 Å². The molecule has 82 valence electrons. The zero-order valence-electron chi connectivity index (χ0n) is 9.17. The van der Waals surface area contributed by atoms with Crippen LogP contribution in [0.2, 0.25) is 0 Å². The maximum absolute atomic E-state index is 11.6. The number of nitrogens with zero attached hydrogens (tertiary/aromatic N) is 1. The van der Waals surface area contributed by atoms with Gasteiger partial charge in [0.25, 0.3) is 0 Å². The third-order valence-electron chi connectivity index (χ3n) is 2.29. The van der Waals surface area contributed by atoms with E-state index < -0.39 is 0 Å². The monoisotopic (exact) mass is 270 g/mol. The molecular formula is C11H15BrN2O. The summed E-state index contributed by atoms with van der Waals surface area (Å²) in [5.74, 6) is 0.0583. The first-order chi connectivity index (χ1) is 7.04. The lowest BCUT2D eigenvalue weighted by Gasteiger charge is -2.11. The molecule has 0 radical (unpaired) electrons. The Hall–Kier alpha value is -0.900. The van der Waals surface area contributed by atoms with Gasteiger partial charge in [0.1, 0.15) is 4.60 Å². The molecule has 0 aliphatic heterocycles. The van der Waals surface area contributed by atoms with Gasteiger partial charge in [-0.2, -0.15) is 0 Å². The van der Waals surface area contributed by atoms with Crippen molar-refractivity contribution < 1.29 is 4.79 Å². The van der Waals surface area contributed by atoms with Crippen molar-refractivity contribution in [3.8, 4) is 0 Å². The van der Waals surface area contributed by atoms with E-state index in [0.717, 1.165) is 17.7 Å². The van der Waals surface area contributed by atoms with Crippen LogP contribution in [0.3, 0.4) is 0 Å². The second kappa shape index (κ2) is 5.26. The molecule has 1 aromatic rings. The van der Waals surface area contributed by atoms with Crippen molar-refractivity contribution in [3.05, 3.63) is 22.4 Å². The molecule has 1 unspecified atom stereocenters. The van der Waals surface area contributed by atoms with Crippen LogP contribution >= 0.6 is 15.9 Å². The molecule has 1 atom stereocenters. The Morgan fingerprint density at radius 1 is 1.67 bits per heavy atom. The molecule has 1 aromatic heterocycles. The quantitative estimate of drug-likeness (QED) is 0.858. The Balaban J connectivity index is 2.80. The highest BCUT2D eigenvalue weighted by molar-refractivity contribution is 9.10. The second-order valence-corrected chi connectivity index (χ2v) is 4.40. The van der Waals surface area contributed by atoms with Gasteiger partial charge in [-0.05, 0) is 40.9 Å². The minimum atomic E-state index is 0.0254. The Labute approximate surface area is 98.4 Å². The van der Waals surface area contributed by atoms with Gasteiger partial charge in [0.2, 0.25) is 5.91 Å². The van der Waals surface area contributed by atoms with Crippen molar-refractivity contribution in [2.75, 3.05) is 5.32 Å². The molecule has 4 heteroatoms. The van der Waals surface area contributed by atoms with Crippen molar-refractivity contribution in [3.63, 3.8) is 0 Å². The van der Waals surface area contributed by atoms with Crippen molar-refractivity contribution in [2.24, 2.45) is 5.92 Å². The highest BCUT2D eigenvalue weighted by Gasteiger charge is 2.12. The topological polar surface area (TPSA) is 42.0 Å². The van der Waals surface area contributed by atoms with E-state index in [9.17, 15) is 4.79 Å². The fraction of sp³-hybridized carbons (Fsp3) is 0.455. The molecule has 0 saturated carbocycles. The first-order valence-electron chi connectivity index (χ1n) is 4.97. The summed E-state index contributed by atoms with van der Waals surface area (Å²) >= 11 is 3.30. The van der Waals surface area contributed by atoms with E-state index in [-0.39, 0.29) is 11.8 Å². The molecule has 0 aliphatic rings. The van der Waals surface area contributed by atoms with Gasteiger partial charge in [0.15, 0.2) is 0 Å². The normalized spacial score (nSPS) is 12.3. The SMILES string of the molecule is CCC(C)C(=O)Nc1cc(C)cnc1Br. The molecule has 0 spiro atoms. The van der Waals surface area contributed by atoms with Gasteiger partial charge in [-0.1, -0.05) is 13.8 Å². The van der Waals surface area contributed by atoms with Crippen LogP contribution in [0.15, 0.2) is 16.9 Å². The lowest BCUT2D eigenvalue weighted by Crippen LogP contribution is -2.20. The summed E-state index contributed by atoms with van der Waals surface area (Å²) in [6.07, 6.45) is 2.59. The number of aryl methyl sites for hydroxylation is 1. The van der Waals surface area contributed by atoms with Gasteiger partial charge in [-0.3, -0.25) is 4.79 Å². The Morgan fingerprint density at radius 3 is 2.93 bits per heavy atom. The van der Waals surface area contributed by atoms with Crippen molar-refractivity contribution in [2.45, 2.75) is 27.2 Å². The van der Waals surface area contributed by atoms with Gasteiger partial charge in [0.05, 0.1) is 5.69 Å². The number of pyridine rings is 1. The number of amides is 1. The van der Waals surface area contributed by atoms with Crippen molar-refractivity contribution in [1.82, 2.24) is 4.98 Å². The highest BCUT2D eigenvalue weighted by Crippen LogP contribution is 2.21. The molecule has 0 aliphatic carbocycles. The van der Waals surface area contributed by atoms with Crippen LogP contribution in [0, 0.1) is 12.8 Å². The maximum Gasteiger partial charge on any atom is 0.227 e. The van der Waals surface area contributed by atoms with Gasteiger partial charge in [-0.25, -0.2) is 4.98 Å². The molecule has 0 saturated heterocycles. The summed E-state index contributed by atoms with van der Waals surface area (Å²) in [6, 6.07) is 1.90. The summed E-state index contributed by atoms with van der Waals surface area (Å²) in [5.41, 5.74) is 1.76. The van der Waals surface area contributed by atoms with E-state index in [1.54, 1.807) is 6.20 Å². The smallest absolute Gasteiger partial charge is 0.227 e. The van der Waals surface area contributed by atoms with E-state index in [1.807, 2.05) is 26.8 Å². The number of hydrogen-bond donors (Lipinski definition) is 1. The van der Waals surface area contributed by atoms with Gasteiger partial charge >= 0.3 is 0 Å². The molecule has 0 fully saturated rings. The number of anilines is 1. The predicted octanol–water partition coefficient (Wildman–Crippen LogP) is 3.14. The largest absolute Gasteiger partial charge is 0.324 e. The van der Waals surface area contributed by atoms with E-state index in [0.29, 0.717) is 4.60 Å². The molecule has 1 N–H and O–H groups in total. The molecule has 3 nitrogen and oxygen atoms in total. The zero-order valence-corrected chi connectivity index (χ0v) is 10.8. The number of hydrogen-bond acceptors (Lipinski definition) is 2. The standard InChI is InChI=1S/C11H15BrN2O/c1-4-8(3)11(15)14-9-5-7(2)6-13-10(9)12/h5-6,8H,4H2,1-3H3,(H,14,15). The van der Waals surface area contributed by atoms with Crippen LogP contribution in [0.5, 0.6) is 0 Å². The summed E-state index contributed by atoms with van der Waals surface area (Å²) in [6.45, 7) is 5.85. The van der Waals surface area contributed by atoms with E-state index in [2.05, 4.69) is 26.2 Å². The fourth-order valence-electron chi connectivity index (χ4n) is 1.08. The summed E-state index contributed by atoms with van der Waals surface area (Å²) < 4.78 is 0.671. The van der Waals surface area contributed by atoms with Gasteiger partial charge in [-0.15, -0.1) is 0 Å². The number of carbonyl (C=O) groups excluding carboxylic acids is 1. The first-order valence-corrected chi connectivity index (χ1v) is 5.77. The molecule has 1 rings (SSSR count). The average molecular weight is 271 g/mol. The third kappa shape index (κ3) is 3.30. The fourth-order valence-corrected chi connectivity index (χ4v) is 1.40. The van der Waals surface area contributed by atoms with Crippen LogP contribution in [-0.4, -0.2) is 10.9 Å². The number of aromatic nitrogens is 1. The number of halogens is 1. The minimum absolute atomic E-state index is 0.0254. The third-order valence-corrected chi connectivity index (χ3v) is 2.93. The molecule has 15 heavy (non-hydrogen) atoms. The summed E-state index contributed by atoms with van der Waals surface area (Å²) in [7, 11) is 0. The van der Waals surface area contributed by atoms with Crippen LogP contribution in [0.4, 0.5) is 5.69 Å². The molecule has 1 amide bonds. The maximum atomic E-state index is 11.6. The van der Waals surface area contributed by atoms with Gasteiger partial charge in [0, 0.05) is 12.1 Å². The predicted molar refractivity (Wildman–Crippen MR) is 64.8 cm³/mol. The highest BCUT2D eigenvalue weighted by atomic mass is 79.9. The minimum Gasteiger partial charge on any atom is -0.324 e. The van der Waals surface area contributed by atoms with Crippen LogP contribution in [0.1, 0.15) is 25.8 Å². The molecule has 1 heterocycles. The molecule has 0 bridgehead atoms. The zero-order chi connectivity index (χ0) is 11.4. The lowest BCUT2D eigenvalue weighted by atomic mass is 10.1. The number of carbonyl (C=O) groups is 1. The second-order valence-electron chi connectivity index (χ2n) is 3.65. The molecular weight excluding hydrogens is 256 g/mol. The van der Waals surface area contributed by atoms with Crippen LogP contribution < -0.4 is 5.32 Å². The Morgan fingerprint density at radius 2 is 2.33 bits per heavy atom. The Bertz CT molecular complexity index is 366.